The molecule has 1 amide bonds. The first-order valence-electron chi connectivity index (χ1n) is 6.67. The lowest BCUT2D eigenvalue weighted by molar-refractivity contribution is 0.0948. The number of H-pyrrole nitrogens is 1. The number of aromatic amines is 1. The van der Waals surface area contributed by atoms with Crippen LogP contribution in [0.4, 0.5) is 0 Å². The number of aromatic nitrogens is 3. The fourth-order valence-electron chi connectivity index (χ4n) is 2.14. The number of rotatable bonds is 5. The molecule has 6 heteroatoms. The first-order chi connectivity index (χ1) is 9.74. The van der Waals surface area contributed by atoms with Gasteiger partial charge in [0.2, 0.25) is 0 Å². The third kappa shape index (κ3) is 3.07. The van der Waals surface area contributed by atoms with Crippen molar-refractivity contribution in [2.24, 2.45) is 0 Å². The number of nitrogens with zero attached hydrogens (tertiary/aromatic N) is 2. The number of hydrogen-bond donors (Lipinski definition) is 2. The van der Waals surface area contributed by atoms with Crippen LogP contribution in [0.1, 0.15) is 40.5 Å². The molecule has 0 unspecified atom stereocenters. The molecule has 1 aliphatic carbocycles. The first-order valence-corrected chi connectivity index (χ1v) is 7.46. The summed E-state index contributed by atoms with van der Waals surface area (Å²) < 4.78 is 1.05. The van der Waals surface area contributed by atoms with Crippen molar-refractivity contribution in [1.29, 1.82) is 0 Å². The van der Waals surface area contributed by atoms with Gasteiger partial charge in [-0.3, -0.25) is 4.79 Å². The average Bonchev–Trinajstić information content (AvgIpc) is 3.16. The van der Waals surface area contributed by atoms with Gasteiger partial charge in [-0.1, -0.05) is 28.1 Å². The monoisotopic (exact) mass is 334 g/mol. The molecule has 0 spiro atoms. The Bertz CT molecular complexity index is 621. The van der Waals surface area contributed by atoms with Gasteiger partial charge < -0.3 is 5.32 Å². The zero-order valence-electron chi connectivity index (χ0n) is 10.9. The fraction of sp³-hybridized carbons (Fsp3) is 0.357. The van der Waals surface area contributed by atoms with Crippen LogP contribution >= 0.6 is 15.9 Å². The predicted molar refractivity (Wildman–Crippen MR) is 78.5 cm³/mol. The molecule has 5 nitrogen and oxygen atoms in total. The van der Waals surface area contributed by atoms with Crippen LogP contribution in [0, 0.1) is 0 Å². The Balaban J connectivity index is 1.55. The quantitative estimate of drug-likeness (QED) is 0.882. The van der Waals surface area contributed by atoms with Crippen LogP contribution in [-0.2, 0) is 6.42 Å². The minimum Gasteiger partial charge on any atom is -0.350 e. The van der Waals surface area contributed by atoms with Crippen molar-refractivity contribution in [3.8, 4) is 0 Å². The number of hydrogen-bond acceptors (Lipinski definition) is 3. The van der Waals surface area contributed by atoms with E-state index >= 15 is 0 Å². The lowest BCUT2D eigenvalue weighted by Gasteiger charge is -2.05. The Morgan fingerprint density at radius 2 is 2.25 bits per heavy atom. The number of amides is 1. The largest absolute Gasteiger partial charge is 0.350 e. The van der Waals surface area contributed by atoms with E-state index in [1.807, 2.05) is 18.2 Å². The van der Waals surface area contributed by atoms with Crippen molar-refractivity contribution in [3.63, 3.8) is 0 Å². The highest BCUT2D eigenvalue weighted by atomic mass is 79.9. The van der Waals surface area contributed by atoms with Crippen LogP contribution in [0.3, 0.4) is 0 Å². The van der Waals surface area contributed by atoms with Crippen molar-refractivity contribution in [1.82, 2.24) is 20.7 Å². The summed E-state index contributed by atoms with van der Waals surface area (Å²) in [6.45, 7) is 0.590. The van der Waals surface area contributed by atoms with Crippen molar-refractivity contribution in [2.45, 2.75) is 25.2 Å². The normalized spacial score (nSPS) is 14.2. The summed E-state index contributed by atoms with van der Waals surface area (Å²) in [6, 6.07) is 8.07. The maximum Gasteiger partial charge on any atom is 0.273 e. The standard InChI is InChI=1S/C14H15BrN4O/c15-11-3-1-2-9(8-11)6-7-16-14(20)13-12(10-4-5-10)17-19-18-13/h1-3,8,10H,4-7H2,(H,16,20)(H,17,18,19). The van der Waals surface area contributed by atoms with E-state index < -0.39 is 0 Å². The maximum atomic E-state index is 12.1. The third-order valence-corrected chi connectivity index (χ3v) is 3.84. The molecule has 0 radical (unpaired) electrons. The van der Waals surface area contributed by atoms with Gasteiger partial charge in [-0.15, -0.1) is 0 Å². The summed E-state index contributed by atoms with van der Waals surface area (Å²) in [4.78, 5) is 12.1. The lowest BCUT2D eigenvalue weighted by atomic mass is 10.1. The maximum absolute atomic E-state index is 12.1. The topological polar surface area (TPSA) is 70.7 Å². The minimum atomic E-state index is -0.143. The molecule has 1 aromatic heterocycles. The smallest absolute Gasteiger partial charge is 0.273 e. The Kier molecular flexibility index (Phi) is 3.82. The van der Waals surface area contributed by atoms with Crippen LogP contribution in [-0.4, -0.2) is 27.9 Å². The Labute approximate surface area is 125 Å². The molecule has 1 saturated carbocycles. The number of carbonyl (C=O) groups is 1. The highest BCUT2D eigenvalue weighted by Crippen LogP contribution is 2.39. The van der Waals surface area contributed by atoms with Gasteiger partial charge in [-0.25, -0.2) is 0 Å². The molecule has 0 aliphatic heterocycles. The van der Waals surface area contributed by atoms with Gasteiger partial charge in [-0.2, -0.15) is 15.4 Å². The van der Waals surface area contributed by atoms with Crippen LogP contribution < -0.4 is 5.32 Å². The van der Waals surface area contributed by atoms with E-state index in [4.69, 9.17) is 0 Å². The fourth-order valence-corrected chi connectivity index (χ4v) is 2.59. The zero-order valence-corrected chi connectivity index (χ0v) is 12.5. The number of halogens is 1. The zero-order chi connectivity index (χ0) is 13.9. The summed E-state index contributed by atoms with van der Waals surface area (Å²) in [6.07, 6.45) is 3.00. The second-order valence-corrected chi connectivity index (χ2v) is 5.88. The highest BCUT2D eigenvalue weighted by Gasteiger charge is 2.31. The van der Waals surface area contributed by atoms with E-state index in [0.29, 0.717) is 18.2 Å². The van der Waals surface area contributed by atoms with Gasteiger partial charge >= 0.3 is 0 Å². The Morgan fingerprint density at radius 1 is 1.40 bits per heavy atom. The average molecular weight is 335 g/mol. The number of carbonyl (C=O) groups excluding carboxylic acids is 1. The third-order valence-electron chi connectivity index (χ3n) is 3.34. The molecular weight excluding hydrogens is 320 g/mol. The molecule has 1 aromatic carbocycles. The second kappa shape index (κ2) is 5.75. The number of benzene rings is 1. The molecule has 0 bridgehead atoms. The SMILES string of the molecule is O=C(NCCc1cccc(Br)c1)c1n[nH]nc1C1CC1. The van der Waals surface area contributed by atoms with Gasteiger partial charge in [0, 0.05) is 16.9 Å². The molecular formula is C14H15BrN4O. The van der Waals surface area contributed by atoms with E-state index in [1.165, 1.54) is 5.56 Å². The van der Waals surface area contributed by atoms with Crippen molar-refractivity contribution >= 4 is 21.8 Å². The summed E-state index contributed by atoms with van der Waals surface area (Å²) in [5.74, 6) is 0.273. The minimum absolute atomic E-state index is 0.143. The molecule has 20 heavy (non-hydrogen) atoms. The molecule has 0 atom stereocenters. The van der Waals surface area contributed by atoms with E-state index in [1.54, 1.807) is 0 Å². The van der Waals surface area contributed by atoms with Crippen LogP contribution in [0.5, 0.6) is 0 Å². The predicted octanol–water partition coefficient (Wildman–Crippen LogP) is 2.42. The van der Waals surface area contributed by atoms with E-state index in [2.05, 4.69) is 42.7 Å². The van der Waals surface area contributed by atoms with E-state index in [-0.39, 0.29) is 5.91 Å². The van der Waals surface area contributed by atoms with Gasteiger partial charge in [-0.05, 0) is 37.0 Å². The molecule has 0 saturated heterocycles. The Hall–Kier alpha value is -1.69. The van der Waals surface area contributed by atoms with Gasteiger partial charge in [0.25, 0.3) is 5.91 Å². The summed E-state index contributed by atoms with van der Waals surface area (Å²) in [7, 11) is 0. The molecule has 3 rings (SSSR count). The summed E-state index contributed by atoms with van der Waals surface area (Å²) in [5.41, 5.74) is 2.44. The molecule has 1 aliphatic rings. The summed E-state index contributed by atoms with van der Waals surface area (Å²) in [5, 5.41) is 13.5. The van der Waals surface area contributed by atoms with Gasteiger partial charge in [0.1, 0.15) is 0 Å². The van der Waals surface area contributed by atoms with Crippen molar-refractivity contribution in [2.75, 3.05) is 6.54 Å². The molecule has 2 N–H and O–H groups in total. The molecule has 1 fully saturated rings. The number of nitrogens with one attached hydrogen (secondary N) is 2. The van der Waals surface area contributed by atoms with Crippen molar-refractivity contribution < 1.29 is 4.79 Å². The Morgan fingerprint density at radius 3 is 3.00 bits per heavy atom. The van der Waals surface area contributed by atoms with Crippen LogP contribution in [0.25, 0.3) is 0 Å². The molecule has 1 heterocycles. The van der Waals surface area contributed by atoms with Crippen molar-refractivity contribution in [3.05, 3.63) is 45.7 Å². The van der Waals surface area contributed by atoms with E-state index in [9.17, 15) is 4.79 Å². The highest BCUT2D eigenvalue weighted by molar-refractivity contribution is 9.10. The van der Waals surface area contributed by atoms with Crippen LogP contribution in [0.15, 0.2) is 28.7 Å². The lowest BCUT2D eigenvalue weighted by Crippen LogP contribution is -2.27. The summed E-state index contributed by atoms with van der Waals surface area (Å²) >= 11 is 3.44. The van der Waals surface area contributed by atoms with Gasteiger partial charge in [0.05, 0.1) is 5.69 Å². The first kappa shape index (κ1) is 13.3. The molecule has 104 valence electrons. The second-order valence-electron chi connectivity index (χ2n) is 4.97. The van der Waals surface area contributed by atoms with Gasteiger partial charge in [0.15, 0.2) is 5.69 Å². The van der Waals surface area contributed by atoms with Crippen LogP contribution in [0.2, 0.25) is 0 Å². The van der Waals surface area contributed by atoms with E-state index in [0.717, 1.165) is 29.4 Å². The molecule has 2 aromatic rings.